The quantitative estimate of drug-likeness (QED) is 0.356. The van der Waals surface area contributed by atoms with Gasteiger partial charge in [0.1, 0.15) is 17.1 Å². The zero-order valence-electron chi connectivity index (χ0n) is 23.2. The third-order valence-electron chi connectivity index (χ3n) is 9.35. The predicted molar refractivity (Wildman–Crippen MR) is 152 cm³/mol. The van der Waals surface area contributed by atoms with Crippen molar-refractivity contribution in [3.05, 3.63) is 47.3 Å². The smallest absolute Gasteiger partial charge is 0.419 e. The first-order chi connectivity index (χ1) is 20.6. The normalized spacial score (nSPS) is 28.0. The molecule has 4 bridgehead atoms. The molecule has 13 heteroatoms. The monoisotopic (exact) mass is 618 g/mol. The van der Waals surface area contributed by atoms with Crippen molar-refractivity contribution in [2.24, 2.45) is 23.7 Å². The molecule has 2 unspecified atom stereocenters. The van der Waals surface area contributed by atoms with Crippen LogP contribution in [0.5, 0.6) is 5.75 Å². The molecular weight excluding hydrogens is 588 g/mol. The summed E-state index contributed by atoms with van der Waals surface area (Å²) >= 11 is 1.42. The number of methoxy groups -OCH3 is 1. The highest BCUT2D eigenvalue weighted by Crippen LogP contribution is 2.49. The third-order valence-corrected chi connectivity index (χ3v) is 10.5. The lowest BCUT2D eigenvalue weighted by Gasteiger charge is -2.31. The van der Waals surface area contributed by atoms with E-state index >= 15 is 0 Å². The van der Waals surface area contributed by atoms with Crippen molar-refractivity contribution in [1.29, 1.82) is 0 Å². The van der Waals surface area contributed by atoms with E-state index in [-0.39, 0.29) is 23.6 Å². The summed E-state index contributed by atoms with van der Waals surface area (Å²) in [6, 6.07) is 5.41. The van der Waals surface area contributed by atoms with Gasteiger partial charge < -0.3 is 25.0 Å². The Morgan fingerprint density at radius 1 is 1.12 bits per heavy atom. The Bertz CT molecular complexity index is 1580. The summed E-state index contributed by atoms with van der Waals surface area (Å²) in [5.74, 6) is -2.08. The van der Waals surface area contributed by atoms with Crippen molar-refractivity contribution < 1.29 is 36.6 Å². The zero-order valence-corrected chi connectivity index (χ0v) is 24.1. The van der Waals surface area contributed by atoms with Gasteiger partial charge in [0.25, 0.3) is 5.91 Å². The van der Waals surface area contributed by atoms with Crippen LogP contribution >= 0.6 is 11.3 Å². The molecule has 1 aromatic heterocycles. The second-order valence-electron chi connectivity index (χ2n) is 12.0. The van der Waals surface area contributed by atoms with Gasteiger partial charge in [-0.1, -0.05) is 11.3 Å². The molecule has 2 N–H and O–H groups in total. The van der Waals surface area contributed by atoms with Gasteiger partial charge in [-0.3, -0.25) is 9.59 Å². The van der Waals surface area contributed by atoms with Crippen LogP contribution in [0.1, 0.15) is 41.6 Å². The largest absolute Gasteiger partial charge is 0.496 e. The van der Waals surface area contributed by atoms with E-state index in [1.54, 1.807) is 6.07 Å². The Balaban J connectivity index is 1.14. The Morgan fingerprint density at radius 2 is 1.93 bits per heavy atom. The number of fused-ring (bicyclic) bond motifs is 5. The lowest BCUT2D eigenvalue weighted by Crippen LogP contribution is -2.48. The average molecular weight is 619 g/mol. The second kappa shape index (κ2) is 10.6. The number of hydrogen-bond acceptors (Lipinski definition) is 7. The van der Waals surface area contributed by atoms with Crippen LogP contribution in [0.15, 0.2) is 30.3 Å². The number of anilines is 2. The minimum absolute atomic E-state index is 0.0257. The maximum Gasteiger partial charge on any atom is 0.419 e. The number of amides is 2. The van der Waals surface area contributed by atoms with Crippen molar-refractivity contribution in [3.8, 4) is 5.75 Å². The number of aromatic nitrogens is 1. The van der Waals surface area contributed by atoms with Crippen LogP contribution in [0, 0.1) is 29.5 Å². The number of piperidine rings is 1. The fraction of sp³-hybridized carbons (Fsp3) is 0.500. The predicted octanol–water partition coefficient (Wildman–Crippen LogP) is 5.47. The van der Waals surface area contributed by atoms with Crippen LogP contribution in [-0.4, -0.2) is 55.8 Å². The first-order valence-electron chi connectivity index (χ1n) is 14.4. The maximum atomic E-state index is 13.9. The van der Waals surface area contributed by atoms with E-state index < -0.39 is 41.3 Å². The van der Waals surface area contributed by atoms with Crippen LogP contribution in [0.3, 0.4) is 0 Å². The van der Waals surface area contributed by atoms with Gasteiger partial charge >= 0.3 is 6.18 Å². The minimum Gasteiger partial charge on any atom is -0.496 e. The highest BCUT2D eigenvalue weighted by molar-refractivity contribution is 7.22. The summed E-state index contributed by atoms with van der Waals surface area (Å²) in [5.41, 5.74) is -0.581. The molecule has 3 aromatic rings. The molecule has 7 rings (SSSR count). The van der Waals surface area contributed by atoms with Crippen molar-refractivity contribution >= 4 is 44.2 Å². The highest BCUT2D eigenvalue weighted by Gasteiger charge is 2.51. The first-order valence-corrected chi connectivity index (χ1v) is 15.2. The number of benzene rings is 2. The van der Waals surface area contributed by atoms with E-state index in [1.165, 1.54) is 18.4 Å². The molecule has 2 saturated heterocycles. The van der Waals surface area contributed by atoms with Crippen molar-refractivity contribution in [3.63, 3.8) is 0 Å². The van der Waals surface area contributed by atoms with E-state index in [0.29, 0.717) is 39.6 Å². The Morgan fingerprint density at radius 3 is 2.70 bits per heavy atom. The molecule has 2 saturated carbocycles. The number of nitrogens with zero attached hydrogens (tertiary/aromatic N) is 2. The molecule has 3 heterocycles. The van der Waals surface area contributed by atoms with Gasteiger partial charge in [0.05, 0.1) is 41.5 Å². The number of ether oxygens (including phenoxy) is 2. The summed E-state index contributed by atoms with van der Waals surface area (Å²) in [6.45, 7) is 2.33. The number of nitrogens with one attached hydrogen (secondary N) is 2. The highest BCUT2D eigenvalue weighted by atomic mass is 32.1. The Hall–Kier alpha value is -3.45. The van der Waals surface area contributed by atoms with Crippen LogP contribution in [0.25, 0.3) is 10.2 Å². The molecule has 8 nitrogen and oxygen atoms in total. The summed E-state index contributed by atoms with van der Waals surface area (Å²) in [4.78, 5) is 34.4. The van der Waals surface area contributed by atoms with Crippen LogP contribution in [0.2, 0.25) is 0 Å². The molecular formula is C30H30F4N4O4S. The molecule has 0 spiro atoms. The van der Waals surface area contributed by atoms with E-state index in [2.05, 4.69) is 15.5 Å². The lowest BCUT2D eigenvalue weighted by molar-refractivity contribution is -0.140. The fourth-order valence-electron chi connectivity index (χ4n) is 7.45. The van der Waals surface area contributed by atoms with Crippen LogP contribution in [0.4, 0.5) is 28.4 Å². The number of rotatable bonds is 6. The van der Waals surface area contributed by atoms with E-state index in [0.717, 1.165) is 56.6 Å². The van der Waals surface area contributed by atoms with Gasteiger partial charge in [-0.05, 0) is 67.9 Å². The van der Waals surface area contributed by atoms with Gasteiger partial charge in [-0.15, -0.1) is 0 Å². The van der Waals surface area contributed by atoms with Crippen molar-refractivity contribution in [2.45, 2.75) is 44.0 Å². The third kappa shape index (κ3) is 5.09. The molecule has 4 aliphatic rings. The molecule has 2 aliphatic carbocycles. The van der Waals surface area contributed by atoms with Gasteiger partial charge in [-0.25, -0.2) is 9.37 Å². The van der Waals surface area contributed by atoms with Crippen LogP contribution < -0.4 is 20.3 Å². The summed E-state index contributed by atoms with van der Waals surface area (Å²) < 4.78 is 65.7. The molecule has 6 atom stereocenters. The molecule has 43 heavy (non-hydrogen) atoms. The molecule has 2 aromatic carbocycles. The fourth-order valence-corrected chi connectivity index (χ4v) is 8.57. The number of hydrogen-bond donors (Lipinski definition) is 2. The van der Waals surface area contributed by atoms with Crippen molar-refractivity contribution in [1.82, 2.24) is 10.3 Å². The zero-order chi connectivity index (χ0) is 30.0. The van der Waals surface area contributed by atoms with E-state index in [9.17, 15) is 27.2 Å². The number of carbonyl (C=O) groups excluding carboxylic acids is 2. The van der Waals surface area contributed by atoms with Crippen molar-refractivity contribution in [2.75, 3.05) is 37.0 Å². The molecule has 0 radical (unpaired) electrons. The maximum absolute atomic E-state index is 13.9. The van der Waals surface area contributed by atoms with Crippen LogP contribution in [-0.2, 0) is 15.7 Å². The van der Waals surface area contributed by atoms with Gasteiger partial charge in [0.15, 0.2) is 5.13 Å². The van der Waals surface area contributed by atoms with E-state index in [1.807, 2.05) is 6.07 Å². The number of alkyl halides is 3. The first kappa shape index (κ1) is 28.3. The van der Waals surface area contributed by atoms with E-state index in [4.69, 9.17) is 14.5 Å². The van der Waals surface area contributed by atoms with Gasteiger partial charge in [-0.2, -0.15) is 13.2 Å². The number of carbonyl (C=O) groups is 2. The van der Waals surface area contributed by atoms with Gasteiger partial charge in [0.2, 0.25) is 5.91 Å². The SMILES string of the molecule is COc1ccc2nc(N3CC4COC(C4)C3)sc2c1C(=O)N[C@@H]1[C@H]2CC[C@H](C2)[C@@H]1C(=O)Nc1ccc(F)c(C(F)(F)F)c1. The van der Waals surface area contributed by atoms with Gasteiger partial charge in [0, 0.05) is 30.7 Å². The standard InChI is InChI=1S/C30H30F4N4O4S/c1-41-22-7-6-21-26(43-29(36-21)38-11-14-8-18(12-38)42-13-14)24(22)28(40)37-25-16-3-2-15(9-16)23(25)27(39)35-17-4-5-20(31)19(10-17)30(32,33)34/h4-7,10,14-16,18,23,25H,2-3,8-9,11-13H2,1H3,(H,35,39)(H,37,40)/t14?,15-,16+,18?,23+,25-/m1/s1. The summed E-state index contributed by atoms with van der Waals surface area (Å²) in [7, 11) is 1.49. The molecule has 2 aliphatic heterocycles. The number of thiazole rings is 1. The second-order valence-corrected chi connectivity index (χ2v) is 13.0. The summed E-state index contributed by atoms with van der Waals surface area (Å²) in [6.07, 6.45) is -1.33. The average Bonchev–Trinajstić information content (AvgIpc) is 3.76. The number of halogens is 4. The molecule has 2 amide bonds. The Labute approximate surface area is 248 Å². The molecule has 4 fully saturated rings. The molecule has 228 valence electrons. The topological polar surface area (TPSA) is 92.8 Å². The summed E-state index contributed by atoms with van der Waals surface area (Å²) in [5, 5.41) is 6.46. The minimum atomic E-state index is -4.90. The Kier molecular flexibility index (Phi) is 6.99. The lowest BCUT2D eigenvalue weighted by atomic mass is 9.83.